The van der Waals surface area contributed by atoms with Crippen molar-refractivity contribution in [1.29, 1.82) is 0 Å². The normalized spacial score (nSPS) is 13.7. The van der Waals surface area contributed by atoms with Crippen molar-refractivity contribution < 1.29 is 23.5 Å². The summed E-state index contributed by atoms with van der Waals surface area (Å²) in [6, 6.07) is 11.0. The minimum Gasteiger partial charge on any atom is -0.465 e. The SMILES string of the molecule is CCN(CC1CCN(c2ccc(C(=O)OC)cc2N)CC1)C(=O)CCCCCCN(C(=O)c1ccc(F)cc1)C(C)C. The van der Waals surface area contributed by atoms with Crippen LogP contribution in [-0.4, -0.2) is 73.5 Å². The molecule has 0 atom stereocenters. The molecule has 0 radical (unpaired) electrons. The van der Waals surface area contributed by atoms with Crippen molar-refractivity contribution in [2.75, 3.05) is 50.5 Å². The summed E-state index contributed by atoms with van der Waals surface area (Å²) in [6.45, 7) is 9.85. The maximum atomic E-state index is 13.2. The molecule has 0 unspecified atom stereocenters. The fourth-order valence-corrected chi connectivity index (χ4v) is 5.59. The van der Waals surface area contributed by atoms with Crippen LogP contribution in [0.5, 0.6) is 0 Å². The molecule has 230 valence electrons. The number of hydrogen-bond acceptors (Lipinski definition) is 6. The maximum absolute atomic E-state index is 13.2. The molecule has 42 heavy (non-hydrogen) atoms. The molecule has 2 aromatic rings. The zero-order valence-corrected chi connectivity index (χ0v) is 25.6. The lowest BCUT2D eigenvalue weighted by Gasteiger charge is -2.36. The number of methoxy groups -OCH3 is 1. The third-order valence-corrected chi connectivity index (χ3v) is 8.13. The highest BCUT2D eigenvalue weighted by atomic mass is 19.1. The second-order valence-corrected chi connectivity index (χ2v) is 11.4. The van der Waals surface area contributed by atoms with E-state index < -0.39 is 5.97 Å². The van der Waals surface area contributed by atoms with Crippen LogP contribution in [0.2, 0.25) is 0 Å². The van der Waals surface area contributed by atoms with E-state index in [2.05, 4.69) is 4.90 Å². The summed E-state index contributed by atoms with van der Waals surface area (Å²) < 4.78 is 18.0. The van der Waals surface area contributed by atoms with E-state index in [1.165, 1.54) is 31.4 Å². The third kappa shape index (κ3) is 9.19. The van der Waals surface area contributed by atoms with Crippen LogP contribution >= 0.6 is 0 Å². The molecule has 2 amide bonds. The third-order valence-electron chi connectivity index (χ3n) is 8.13. The van der Waals surface area contributed by atoms with Gasteiger partial charge >= 0.3 is 5.97 Å². The molecule has 0 aromatic heterocycles. The van der Waals surface area contributed by atoms with Crippen LogP contribution in [0, 0.1) is 11.7 Å². The van der Waals surface area contributed by atoms with E-state index in [9.17, 15) is 18.8 Å². The van der Waals surface area contributed by atoms with Crippen LogP contribution in [0.15, 0.2) is 42.5 Å². The van der Waals surface area contributed by atoms with Gasteiger partial charge in [-0.15, -0.1) is 0 Å². The van der Waals surface area contributed by atoms with Gasteiger partial charge in [0.2, 0.25) is 5.91 Å². The molecule has 1 aliphatic heterocycles. The number of nitrogens with two attached hydrogens (primary N) is 1. The van der Waals surface area contributed by atoms with E-state index in [-0.39, 0.29) is 23.7 Å². The standard InChI is InChI=1S/C33H47FN4O4/c1-5-36(23-25-17-20-37(21-18-25)30-16-13-27(22-29(30)35)33(41)42-4)31(39)10-8-6-7-9-19-38(24(2)3)32(40)26-11-14-28(34)15-12-26/h11-16,22,24-25H,5-10,17-21,23,35H2,1-4H3. The van der Waals surface area contributed by atoms with Gasteiger partial charge in [0.25, 0.3) is 5.91 Å². The van der Waals surface area contributed by atoms with Crippen molar-refractivity contribution in [3.63, 3.8) is 0 Å². The first-order chi connectivity index (χ1) is 20.1. The molecular weight excluding hydrogens is 535 g/mol. The summed E-state index contributed by atoms with van der Waals surface area (Å²) >= 11 is 0. The Morgan fingerprint density at radius 3 is 2.24 bits per heavy atom. The Morgan fingerprint density at radius 2 is 1.64 bits per heavy atom. The number of rotatable bonds is 14. The van der Waals surface area contributed by atoms with Crippen molar-refractivity contribution in [1.82, 2.24) is 9.80 Å². The van der Waals surface area contributed by atoms with Gasteiger partial charge in [0.1, 0.15) is 5.82 Å². The minimum absolute atomic E-state index is 0.0542. The first-order valence-corrected chi connectivity index (χ1v) is 15.2. The number of amides is 2. The minimum atomic E-state index is -0.399. The highest BCUT2D eigenvalue weighted by Gasteiger charge is 2.24. The van der Waals surface area contributed by atoms with Gasteiger partial charge in [-0.25, -0.2) is 9.18 Å². The number of unbranched alkanes of at least 4 members (excludes halogenated alkanes) is 3. The Bertz CT molecular complexity index is 1180. The lowest BCUT2D eigenvalue weighted by molar-refractivity contribution is -0.131. The van der Waals surface area contributed by atoms with Crippen LogP contribution in [0.1, 0.15) is 86.4 Å². The van der Waals surface area contributed by atoms with E-state index in [1.807, 2.05) is 36.6 Å². The Kier molecular flexibility index (Phi) is 12.6. The average molecular weight is 583 g/mol. The van der Waals surface area contributed by atoms with Gasteiger partial charge in [0.15, 0.2) is 0 Å². The molecule has 9 heteroatoms. The highest BCUT2D eigenvalue weighted by molar-refractivity contribution is 5.94. The molecule has 2 N–H and O–H groups in total. The second-order valence-electron chi connectivity index (χ2n) is 11.4. The lowest BCUT2D eigenvalue weighted by Crippen LogP contribution is -2.41. The van der Waals surface area contributed by atoms with E-state index in [0.717, 1.165) is 63.8 Å². The van der Waals surface area contributed by atoms with Gasteiger partial charge in [-0.1, -0.05) is 12.8 Å². The Balaban J connectivity index is 1.37. The van der Waals surface area contributed by atoms with Crippen LogP contribution < -0.4 is 10.6 Å². The van der Waals surface area contributed by atoms with Crippen LogP contribution in [0.3, 0.4) is 0 Å². The summed E-state index contributed by atoms with van der Waals surface area (Å²) in [7, 11) is 1.35. The number of ether oxygens (including phenoxy) is 1. The summed E-state index contributed by atoms with van der Waals surface area (Å²) in [5.74, 6) is -0.177. The quantitative estimate of drug-likeness (QED) is 0.173. The zero-order chi connectivity index (χ0) is 30.6. The highest BCUT2D eigenvalue weighted by Crippen LogP contribution is 2.29. The number of esters is 1. The molecule has 8 nitrogen and oxygen atoms in total. The predicted octanol–water partition coefficient (Wildman–Crippen LogP) is 5.76. The molecule has 1 aliphatic rings. The first-order valence-electron chi connectivity index (χ1n) is 15.2. The number of benzene rings is 2. The zero-order valence-electron chi connectivity index (χ0n) is 25.6. The van der Waals surface area contributed by atoms with Gasteiger partial charge in [0, 0.05) is 50.7 Å². The lowest BCUT2D eigenvalue weighted by atomic mass is 9.95. The number of anilines is 2. The number of nitrogen functional groups attached to an aromatic ring is 1. The molecule has 0 saturated carbocycles. The molecule has 1 fully saturated rings. The Morgan fingerprint density at radius 1 is 1.00 bits per heavy atom. The van der Waals surface area contributed by atoms with Gasteiger partial charge in [0.05, 0.1) is 24.0 Å². The summed E-state index contributed by atoms with van der Waals surface area (Å²) in [5, 5.41) is 0. The maximum Gasteiger partial charge on any atom is 0.337 e. The fourth-order valence-electron chi connectivity index (χ4n) is 5.59. The molecule has 0 spiro atoms. The van der Waals surface area contributed by atoms with Gasteiger partial charge in [-0.2, -0.15) is 0 Å². The smallest absolute Gasteiger partial charge is 0.337 e. The molecule has 0 aliphatic carbocycles. The molecule has 1 saturated heterocycles. The van der Waals surface area contributed by atoms with Crippen LogP contribution in [0.4, 0.5) is 15.8 Å². The van der Waals surface area contributed by atoms with E-state index in [0.29, 0.717) is 42.2 Å². The summed E-state index contributed by atoms with van der Waals surface area (Å²) in [5.41, 5.74) is 8.68. The monoisotopic (exact) mass is 582 g/mol. The number of piperidine rings is 1. The number of carbonyl (C=O) groups is 3. The van der Waals surface area contributed by atoms with Crippen molar-refractivity contribution in [2.45, 2.75) is 71.8 Å². The van der Waals surface area contributed by atoms with Gasteiger partial charge in [-0.05, 0) is 94.8 Å². The van der Waals surface area contributed by atoms with Crippen molar-refractivity contribution in [3.05, 3.63) is 59.4 Å². The number of halogens is 1. The summed E-state index contributed by atoms with van der Waals surface area (Å²) in [6.07, 6.45) is 6.08. The fraction of sp³-hybridized carbons (Fsp3) is 0.545. The first kappa shape index (κ1) is 32.9. The predicted molar refractivity (Wildman–Crippen MR) is 165 cm³/mol. The van der Waals surface area contributed by atoms with Crippen molar-refractivity contribution in [2.24, 2.45) is 5.92 Å². The van der Waals surface area contributed by atoms with E-state index >= 15 is 0 Å². The average Bonchev–Trinajstić information content (AvgIpc) is 2.99. The second kappa shape index (κ2) is 16.1. The number of carbonyl (C=O) groups excluding carboxylic acids is 3. The van der Waals surface area contributed by atoms with Crippen LogP contribution in [0.25, 0.3) is 0 Å². The van der Waals surface area contributed by atoms with Crippen LogP contribution in [-0.2, 0) is 9.53 Å². The van der Waals surface area contributed by atoms with Gasteiger partial charge in [-0.3, -0.25) is 9.59 Å². The number of hydrogen-bond donors (Lipinski definition) is 1. The molecular formula is C33H47FN4O4. The Labute approximate surface area is 250 Å². The molecule has 0 bridgehead atoms. The van der Waals surface area contributed by atoms with E-state index in [1.54, 1.807) is 12.1 Å². The van der Waals surface area contributed by atoms with E-state index in [4.69, 9.17) is 10.5 Å². The summed E-state index contributed by atoms with van der Waals surface area (Å²) in [4.78, 5) is 43.7. The van der Waals surface area contributed by atoms with Crippen molar-refractivity contribution in [3.8, 4) is 0 Å². The Hall–Kier alpha value is -3.62. The molecule has 3 rings (SSSR count). The van der Waals surface area contributed by atoms with Crippen molar-refractivity contribution >= 4 is 29.2 Å². The molecule has 2 aromatic carbocycles. The number of nitrogens with zero attached hydrogens (tertiary/aromatic N) is 3. The largest absolute Gasteiger partial charge is 0.465 e. The molecule has 1 heterocycles. The topological polar surface area (TPSA) is 96.2 Å². The van der Waals surface area contributed by atoms with Gasteiger partial charge < -0.3 is 25.2 Å².